The second kappa shape index (κ2) is 8.49. The van der Waals surface area contributed by atoms with E-state index in [9.17, 15) is 4.79 Å². The van der Waals surface area contributed by atoms with Crippen molar-refractivity contribution in [2.45, 2.75) is 33.6 Å². The predicted octanol–water partition coefficient (Wildman–Crippen LogP) is 3.62. The zero-order chi connectivity index (χ0) is 15.8. The summed E-state index contributed by atoms with van der Waals surface area (Å²) in [6.45, 7) is 6.57. The van der Waals surface area contributed by atoms with E-state index in [1.54, 1.807) is 0 Å². The molecule has 0 aliphatic rings. The number of esters is 1. The Balaban J connectivity index is 2.62. The molecule has 0 spiro atoms. The number of ether oxygens (including phenoxy) is 1. The number of hydrogen-bond acceptors (Lipinski definition) is 6. The molecule has 0 aliphatic carbocycles. The van der Waals surface area contributed by atoms with Gasteiger partial charge in [-0.2, -0.15) is 0 Å². The van der Waals surface area contributed by atoms with Crippen molar-refractivity contribution in [2.75, 3.05) is 6.61 Å². The smallest absolute Gasteiger partial charge is 0.342 e. The van der Waals surface area contributed by atoms with Gasteiger partial charge in [-0.25, -0.2) is 15.3 Å². The summed E-state index contributed by atoms with van der Waals surface area (Å²) in [6.07, 6.45) is 2.03. The highest BCUT2D eigenvalue weighted by Crippen LogP contribution is 2.25. The van der Waals surface area contributed by atoms with Crippen LogP contribution in [0.1, 0.15) is 44.0 Å². The molecule has 6 heteroatoms. The fraction of sp³-hybridized carbons (Fsp3) is 0.533. The van der Waals surface area contributed by atoms with Gasteiger partial charge in [-0.05, 0) is 30.4 Å². The lowest BCUT2D eigenvalue weighted by Crippen LogP contribution is -2.13. The highest BCUT2D eigenvalue weighted by atomic mass is 17.1. The molecule has 0 amide bonds. The lowest BCUT2D eigenvalue weighted by Gasteiger charge is -2.14. The fourth-order valence-corrected chi connectivity index (χ4v) is 1.80. The standard InChI is InChI=1S/C15H22O6/c1-10(2)4-5-11(3)9-19-15(16)13-8-12(20-17)6-7-14(13)21-18/h6-8,10-11,17-18H,4-5,9H2,1-3H3. The van der Waals surface area contributed by atoms with Crippen LogP contribution in [-0.4, -0.2) is 23.1 Å². The topological polar surface area (TPSA) is 85.2 Å². The highest BCUT2D eigenvalue weighted by Gasteiger charge is 2.17. The molecule has 0 aromatic heterocycles. The normalized spacial score (nSPS) is 12.1. The molecule has 0 saturated carbocycles. The van der Waals surface area contributed by atoms with Crippen LogP contribution in [0.5, 0.6) is 11.5 Å². The van der Waals surface area contributed by atoms with Crippen molar-refractivity contribution in [1.29, 1.82) is 0 Å². The van der Waals surface area contributed by atoms with E-state index in [1.807, 2.05) is 6.92 Å². The van der Waals surface area contributed by atoms with Crippen LogP contribution in [0.2, 0.25) is 0 Å². The lowest BCUT2D eigenvalue weighted by atomic mass is 10.0. The van der Waals surface area contributed by atoms with Crippen molar-refractivity contribution in [2.24, 2.45) is 11.8 Å². The van der Waals surface area contributed by atoms with Gasteiger partial charge in [0.05, 0.1) is 6.61 Å². The van der Waals surface area contributed by atoms with Crippen molar-refractivity contribution < 1.29 is 29.8 Å². The summed E-state index contributed by atoms with van der Waals surface area (Å²) in [5.74, 6) is 0.198. The van der Waals surface area contributed by atoms with Crippen molar-refractivity contribution in [3.8, 4) is 11.5 Å². The van der Waals surface area contributed by atoms with Crippen molar-refractivity contribution in [3.63, 3.8) is 0 Å². The Morgan fingerprint density at radius 3 is 2.43 bits per heavy atom. The molecule has 0 heterocycles. The summed E-state index contributed by atoms with van der Waals surface area (Å²) in [5, 5.41) is 17.3. The third-order valence-corrected chi connectivity index (χ3v) is 3.11. The van der Waals surface area contributed by atoms with E-state index < -0.39 is 5.97 Å². The minimum Gasteiger partial charge on any atom is -0.462 e. The molecular weight excluding hydrogens is 276 g/mol. The van der Waals surface area contributed by atoms with Gasteiger partial charge in [-0.3, -0.25) is 0 Å². The molecule has 0 aliphatic heterocycles. The first-order valence-electron chi connectivity index (χ1n) is 6.92. The van der Waals surface area contributed by atoms with Gasteiger partial charge < -0.3 is 14.5 Å². The average molecular weight is 298 g/mol. The van der Waals surface area contributed by atoms with Gasteiger partial charge in [-0.1, -0.05) is 27.2 Å². The van der Waals surface area contributed by atoms with E-state index in [2.05, 4.69) is 23.6 Å². The second-order valence-corrected chi connectivity index (χ2v) is 5.52. The van der Waals surface area contributed by atoms with E-state index in [0.717, 1.165) is 12.8 Å². The van der Waals surface area contributed by atoms with Crippen LogP contribution >= 0.6 is 0 Å². The molecule has 1 rings (SSSR count). The average Bonchev–Trinajstić information content (AvgIpc) is 2.49. The SMILES string of the molecule is CC(C)CCC(C)COC(=O)c1cc(OO)ccc1OO. The van der Waals surface area contributed by atoms with Gasteiger partial charge >= 0.3 is 5.97 Å². The molecule has 0 radical (unpaired) electrons. The van der Waals surface area contributed by atoms with E-state index >= 15 is 0 Å². The maximum Gasteiger partial charge on any atom is 0.342 e. The minimum atomic E-state index is -0.644. The van der Waals surface area contributed by atoms with Crippen LogP contribution < -0.4 is 9.78 Å². The predicted molar refractivity (Wildman–Crippen MR) is 76.5 cm³/mol. The second-order valence-electron chi connectivity index (χ2n) is 5.52. The molecule has 6 nitrogen and oxygen atoms in total. The lowest BCUT2D eigenvalue weighted by molar-refractivity contribution is -0.141. The summed E-state index contributed by atoms with van der Waals surface area (Å²) in [7, 11) is 0. The first-order chi connectivity index (χ1) is 9.97. The Hall–Kier alpha value is -1.79. The van der Waals surface area contributed by atoms with Gasteiger partial charge in [0.15, 0.2) is 11.5 Å². The Morgan fingerprint density at radius 2 is 1.86 bits per heavy atom. The molecular formula is C15H22O6. The molecule has 21 heavy (non-hydrogen) atoms. The summed E-state index contributed by atoms with van der Waals surface area (Å²) in [6, 6.07) is 3.87. The van der Waals surface area contributed by atoms with Gasteiger partial charge in [0.25, 0.3) is 0 Å². The van der Waals surface area contributed by atoms with Crippen molar-refractivity contribution in [1.82, 2.24) is 0 Å². The fourth-order valence-electron chi connectivity index (χ4n) is 1.80. The number of rotatable bonds is 8. The summed E-state index contributed by atoms with van der Waals surface area (Å²) in [5.41, 5.74) is -0.0138. The molecule has 1 atom stereocenters. The molecule has 1 unspecified atom stereocenters. The Labute approximate surface area is 124 Å². The molecule has 2 N–H and O–H groups in total. The van der Waals surface area contributed by atoms with Crippen LogP contribution in [0.15, 0.2) is 18.2 Å². The molecule has 0 bridgehead atoms. The third-order valence-electron chi connectivity index (χ3n) is 3.11. The Kier molecular flexibility index (Phi) is 6.98. The number of carbonyl (C=O) groups excluding carboxylic acids is 1. The maximum absolute atomic E-state index is 12.0. The van der Waals surface area contributed by atoms with Gasteiger partial charge in [0, 0.05) is 6.07 Å². The summed E-state index contributed by atoms with van der Waals surface area (Å²) < 4.78 is 5.20. The van der Waals surface area contributed by atoms with Crippen LogP contribution in [0.3, 0.4) is 0 Å². The van der Waals surface area contributed by atoms with E-state index in [4.69, 9.17) is 15.3 Å². The van der Waals surface area contributed by atoms with Crippen molar-refractivity contribution >= 4 is 5.97 Å². The first-order valence-corrected chi connectivity index (χ1v) is 6.92. The minimum absolute atomic E-state index is 0.0138. The largest absolute Gasteiger partial charge is 0.462 e. The van der Waals surface area contributed by atoms with Crippen LogP contribution in [0.4, 0.5) is 0 Å². The maximum atomic E-state index is 12.0. The molecule has 118 valence electrons. The van der Waals surface area contributed by atoms with Crippen molar-refractivity contribution in [3.05, 3.63) is 23.8 Å². The van der Waals surface area contributed by atoms with Gasteiger partial charge in [0.1, 0.15) is 5.56 Å². The summed E-state index contributed by atoms with van der Waals surface area (Å²) in [4.78, 5) is 20.1. The zero-order valence-electron chi connectivity index (χ0n) is 12.5. The first kappa shape index (κ1) is 17.3. The Bertz CT molecular complexity index is 457. The molecule has 1 aromatic carbocycles. The van der Waals surface area contributed by atoms with Crippen LogP contribution in [0.25, 0.3) is 0 Å². The van der Waals surface area contributed by atoms with E-state index in [0.29, 0.717) is 5.92 Å². The van der Waals surface area contributed by atoms with Gasteiger partial charge in [0.2, 0.25) is 0 Å². The van der Waals surface area contributed by atoms with Crippen LogP contribution in [-0.2, 0) is 4.74 Å². The zero-order valence-corrected chi connectivity index (χ0v) is 12.5. The number of hydrogen-bond donors (Lipinski definition) is 2. The van der Waals surface area contributed by atoms with E-state index in [1.165, 1.54) is 18.2 Å². The van der Waals surface area contributed by atoms with E-state index in [-0.39, 0.29) is 29.6 Å². The monoisotopic (exact) mass is 298 g/mol. The number of carbonyl (C=O) groups is 1. The Morgan fingerprint density at radius 1 is 1.14 bits per heavy atom. The van der Waals surface area contributed by atoms with Gasteiger partial charge in [-0.15, -0.1) is 0 Å². The molecule has 0 fully saturated rings. The molecule has 0 saturated heterocycles. The van der Waals surface area contributed by atoms with Crippen LogP contribution in [0, 0.1) is 11.8 Å². The third kappa shape index (κ3) is 5.61. The summed E-state index contributed by atoms with van der Waals surface area (Å²) >= 11 is 0. The quantitative estimate of drug-likeness (QED) is 0.433. The highest BCUT2D eigenvalue weighted by molar-refractivity contribution is 5.93. The number of benzene rings is 1. The molecule has 1 aromatic rings.